The van der Waals surface area contributed by atoms with E-state index in [-0.39, 0.29) is 17.2 Å². The lowest BCUT2D eigenvalue weighted by atomic mass is 9.96. The van der Waals surface area contributed by atoms with Gasteiger partial charge in [0.1, 0.15) is 0 Å². The van der Waals surface area contributed by atoms with Crippen LogP contribution in [0.1, 0.15) is 26.6 Å². The predicted molar refractivity (Wildman–Crippen MR) is 78.5 cm³/mol. The number of hydrogen-bond donors (Lipinski definition) is 1. The second-order valence-electron chi connectivity index (χ2n) is 5.76. The molecule has 0 atom stereocenters. The first kappa shape index (κ1) is 17.4. The van der Waals surface area contributed by atoms with Crippen LogP contribution in [-0.4, -0.2) is 68.8 Å². The van der Waals surface area contributed by atoms with Crippen molar-refractivity contribution in [2.24, 2.45) is 0 Å². The van der Waals surface area contributed by atoms with Gasteiger partial charge in [-0.2, -0.15) is 4.68 Å². The summed E-state index contributed by atoms with van der Waals surface area (Å²) in [5.74, 6) is 0.00450. The van der Waals surface area contributed by atoms with Crippen molar-refractivity contribution in [3.63, 3.8) is 0 Å². The van der Waals surface area contributed by atoms with Crippen LogP contribution in [0.3, 0.4) is 0 Å². The Hall–Kier alpha value is -1.61. The maximum atomic E-state index is 12.1. The highest BCUT2D eigenvalue weighted by Gasteiger charge is 2.25. The van der Waals surface area contributed by atoms with E-state index in [2.05, 4.69) is 10.1 Å². The van der Waals surface area contributed by atoms with Crippen LogP contribution in [0, 0.1) is 0 Å². The highest BCUT2D eigenvalue weighted by atomic mass is 32.2. The van der Waals surface area contributed by atoms with Crippen molar-refractivity contribution in [3.05, 3.63) is 5.82 Å². The normalized spacial score (nSPS) is 11.4. The summed E-state index contributed by atoms with van der Waals surface area (Å²) in [4.78, 5) is 29.3. The number of rotatable bonds is 3. The lowest BCUT2D eigenvalue weighted by Gasteiger charge is -2.13. The quantitative estimate of drug-likeness (QED) is 0.509. The van der Waals surface area contributed by atoms with Gasteiger partial charge in [-0.15, -0.1) is 5.10 Å². The summed E-state index contributed by atoms with van der Waals surface area (Å²) in [6.07, 6.45) is 0. The van der Waals surface area contributed by atoms with Crippen molar-refractivity contribution in [2.45, 2.75) is 31.3 Å². The average molecular weight is 315 g/mol. The first-order chi connectivity index (χ1) is 9.54. The van der Waals surface area contributed by atoms with Crippen molar-refractivity contribution in [3.8, 4) is 0 Å². The smallest absolute Gasteiger partial charge is 0.329 e. The molecule has 0 aliphatic rings. The molecule has 1 heterocycles. The Morgan fingerprint density at radius 3 is 2.29 bits per heavy atom. The summed E-state index contributed by atoms with van der Waals surface area (Å²) >= 11 is 1.06. The monoisotopic (exact) mass is 315 g/mol. The molecule has 0 saturated carbocycles. The van der Waals surface area contributed by atoms with E-state index in [4.69, 9.17) is 5.21 Å². The number of hydroxylamine groups is 2. The van der Waals surface area contributed by atoms with Crippen LogP contribution in [0.5, 0.6) is 0 Å². The number of thioether (sulfide) groups is 1. The molecule has 0 spiro atoms. The van der Waals surface area contributed by atoms with E-state index < -0.39 is 5.91 Å². The summed E-state index contributed by atoms with van der Waals surface area (Å²) in [6.45, 7) is 5.82. The fourth-order valence-electron chi connectivity index (χ4n) is 1.24. The standard InChI is InChI=1S/C12H21N5O3S/c1-12(2,3)9-13-10(21-7-8(18)16(6)20)17(14-9)11(19)15(4)5/h20H,7H2,1-6H3. The fourth-order valence-corrected chi connectivity index (χ4v) is 2.07. The Kier molecular flexibility index (Phi) is 5.35. The number of carbonyl (C=O) groups is 2. The molecule has 0 saturated heterocycles. The molecular formula is C12H21N5O3S. The molecule has 0 unspecified atom stereocenters. The zero-order valence-corrected chi connectivity index (χ0v) is 13.9. The third-order valence-corrected chi connectivity index (χ3v) is 3.41. The summed E-state index contributed by atoms with van der Waals surface area (Å²) in [7, 11) is 4.48. The first-order valence-corrected chi connectivity index (χ1v) is 7.30. The van der Waals surface area contributed by atoms with Crippen molar-refractivity contribution in [1.29, 1.82) is 0 Å². The van der Waals surface area contributed by atoms with Gasteiger partial charge >= 0.3 is 6.03 Å². The van der Waals surface area contributed by atoms with Crippen molar-refractivity contribution >= 4 is 23.7 Å². The van der Waals surface area contributed by atoms with E-state index in [1.807, 2.05) is 20.8 Å². The van der Waals surface area contributed by atoms with Crippen molar-refractivity contribution in [2.75, 3.05) is 26.9 Å². The van der Waals surface area contributed by atoms with Crippen molar-refractivity contribution in [1.82, 2.24) is 24.7 Å². The van der Waals surface area contributed by atoms with Gasteiger partial charge in [0, 0.05) is 26.6 Å². The SMILES string of the molecule is CN(C)C(=O)n1nc(C(C)(C)C)nc1SCC(=O)N(C)O. The Morgan fingerprint density at radius 2 is 1.86 bits per heavy atom. The second-order valence-corrected chi connectivity index (χ2v) is 6.71. The Balaban J connectivity index is 3.07. The van der Waals surface area contributed by atoms with Gasteiger partial charge in [0.2, 0.25) is 0 Å². The van der Waals surface area contributed by atoms with Gasteiger partial charge in [-0.1, -0.05) is 32.5 Å². The van der Waals surface area contributed by atoms with Crippen molar-refractivity contribution < 1.29 is 14.8 Å². The number of carbonyl (C=O) groups excluding carboxylic acids is 2. The van der Waals surface area contributed by atoms with Crippen LogP contribution in [0.25, 0.3) is 0 Å². The second kappa shape index (κ2) is 6.44. The molecule has 0 aliphatic carbocycles. The molecule has 21 heavy (non-hydrogen) atoms. The largest absolute Gasteiger partial charge is 0.346 e. The Morgan fingerprint density at radius 1 is 1.29 bits per heavy atom. The molecule has 1 aromatic rings. The topological polar surface area (TPSA) is 91.6 Å². The number of aromatic nitrogens is 3. The lowest BCUT2D eigenvalue weighted by molar-refractivity contribution is -0.155. The Bertz CT molecular complexity index is 533. The lowest BCUT2D eigenvalue weighted by Crippen LogP contribution is -2.29. The molecule has 0 radical (unpaired) electrons. The van der Waals surface area contributed by atoms with E-state index in [1.54, 1.807) is 14.1 Å². The van der Waals surface area contributed by atoms with E-state index >= 15 is 0 Å². The van der Waals surface area contributed by atoms with E-state index in [0.717, 1.165) is 11.8 Å². The molecule has 0 bridgehead atoms. The van der Waals surface area contributed by atoms with Gasteiger partial charge in [-0.3, -0.25) is 10.0 Å². The molecule has 8 nitrogen and oxygen atoms in total. The van der Waals surface area contributed by atoms with Gasteiger partial charge in [0.05, 0.1) is 5.75 Å². The van der Waals surface area contributed by atoms with Crippen LogP contribution in [-0.2, 0) is 10.2 Å². The summed E-state index contributed by atoms with van der Waals surface area (Å²) in [5.41, 5.74) is -0.315. The zero-order valence-electron chi connectivity index (χ0n) is 13.1. The van der Waals surface area contributed by atoms with Crippen LogP contribution in [0.2, 0.25) is 0 Å². The molecule has 0 fully saturated rings. The molecule has 0 aliphatic heterocycles. The molecule has 0 aromatic carbocycles. The van der Waals surface area contributed by atoms with E-state index in [1.165, 1.54) is 16.6 Å². The molecule has 1 N–H and O–H groups in total. The van der Waals surface area contributed by atoms with Gasteiger partial charge in [0.15, 0.2) is 11.0 Å². The van der Waals surface area contributed by atoms with Crippen LogP contribution in [0.15, 0.2) is 5.16 Å². The van der Waals surface area contributed by atoms with E-state index in [0.29, 0.717) is 16.0 Å². The summed E-state index contributed by atoms with van der Waals surface area (Å²) in [5, 5.41) is 14.1. The maximum absolute atomic E-state index is 12.1. The van der Waals surface area contributed by atoms with Gasteiger partial charge < -0.3 is 4.90 Å². The highest BCUT2D eigenvalue weighted by Crippen LogP contribution is 2.23. The van der Waals surface area contributed by atoms with Gasteiger partial charge in [-0.25, -0.2) is 14.8 Å². The highest BCUT2D eigenvalue weighted by molar-refractivity contribution is 7.99. The molecule has 118 valence electrons. The minimum atomic E-state index is -0.482. The molecule has 2 amide bonds. The Labute approximate surface area is 128 Å². The fraction of sp³-hybridized carbons (Fsp3) is 0.667. The van der Waals surface area contributed by atoms with Gasteiger partial charge in [-0.05, 0) is 0 Å². The minimum Gasteiger partial charge on any atom is -0.329 e. The van der Waals surface area contributed by atoms with Crippen LogP contribution >= 0.6 is 11.8 Å². The molecule has 1 aromatic heterocycles. The first-order valence-electron chi connectivity index (χ1n) is 6.31. The zero-order chi connectivity index (χ0) is 16.4. The molecule has 1 rings (SSSR count). The van der Waals surface area contributed by atoms with E-state index in [9.17, 15) is 9.59 Å². The summed E-state index contributed by atoms with van der Waals surface area (Å²) < 4.78 is 1.18. The third kappa shape index (κ3) is 4.43. The van der Waals surface area contributed by atoms with Crippen LogP contribution < -0.4 is 0 Å². The number of hydrogen-bond acceptors (Lipinski definition) is 6. The average Bonchev–Trinajstić information content (AvgIpc) is 2.78. The third-order valence-electron chi connectivity index (χ3n) is 2.50. The summed E-state index contributed by atoms with van der Waals surface area (Å²) in [6, 6.07) is -0.342. The number of amides is 2. The van der Waals surface area contributed by atoms with Crippen LogP contribution in [0.4, 0.5) is 4.79 Å². The molecule has 9 heteroatoms. The number of nitrogens with zero attached hydrogens (tertiary/aromatic N) is 5. The maximum Gasteiger partial charge on any atom is 0.346 e. The minimum absolute atomic E-state index is 0.0318. The predicted octanol–water partition coefficient (Wildman–Crippen LogP) is 1.04. The van der Waals surface area contributed by atoms with Gasteiger partial charge in [0.25, 0.3) is 5.91 Å². The molecular weight excluding hydrogens is 294 g/mol.